The average molecular weight is 207 g/mol. The summed E-state index contributed by atoms with van der Waals surface area (Å²) in [5, 5.41) is 14.3. The second-order valence-corrected chi connectivity index (χ2v) is 3.78. The van der Waals surface area contributed by atoms with Crippen LogP contribution in [0.2, 0.25) is 0 Å². The second-order valence-electron chi connectivity index (χ2n) is 3.78. The van der Waals surface area contributed by atoms with Gasteiger partial charge >= 0.3 is 0 Å². The molecule has 2 aromatic heterocycles. The maximum absolute atomic E-state index is 10.4. The summed E-state index contributed by atoms with van der Waals surface area (Å²) in [4.78, 5) is 0. The van der Waals surface area contributed by atoms with Gasteiger partial charge < -0.3 is 14.0 Å². The molecule has 0 spiro atoms. The van der Waals surface area contributed by atoms with Gasteiger partial charge in [0, 0.05) is 5.56 Å². The summed E-state index contributed by atoms with van der Waals surface area (Å²) in [7, 11) is 0. The van der Waals surface area contributed by atoms with Crippen molar-refractivity contribution in [2.45, 2.75) is 26.4 Å². The Morgan fingerprint density at radius 2 is 2.13 bits per heavy atom. The van der Waals surface area contributed by atoms with E-state index >= 15 is 0 Å². The molecule has 0 saturated carbocycles. The molecule has 80 valence electrons. The zero-order valence-electron chi connectivity index (χ0n) is 8.94. The molecule has 1 N–H and O–H groups in total. The first-order valence-corrected chi connectivity index (χ1v) is 4.72. The van der Waals surface area contributed by atoms with Crippen LogP contribution in [-0.2, 0) is 5.60 Å². The van der Waals surface area contributed by atoms with Gasteiger partial charge in [-0.25, -0.2) is 0 Å². The fraction of sp³-hybridized carbons (Fsp3) is 0.364. The van der Waals surface area contributed by atoms with E-state index in [-0.39, 0.29) is 0 Å². The highest BCUT2D eigenvalue weighted by Crippen LogP contribution is 2.33. The van der Waals surface area contributed by atoms with Crippen LogP contribution < -0.4 is 0 Å². The van der Waals surface area contributed by atoms with Crippen molar-refractivity contribution in [2.24, 2.45) is 0 Å². The van der Waals surface area contributed by atoms with Crippen molar-refractivity contribution in [3.8, 4) is 0 Å². The van der Waals surface area contributed by atoms with E-state index in [1.54, 1.807) is 26.8 Å². The van der Waals surface area contributed by atoms with Crippen LogP contribution in [-0.4, -0.2) is 10.3 Å². The Kier molecular flexibility index (Phi) is 2.16. The van der Waals surface area contributed by atoms with Gasteiger partial charge in [-0.3, -0.25) is 0 Å². The zero-order chi connectivity index (χ0) is 11.1. The third-order valence-corrected chi connectivity index (χ3v) is 2.60. The van der Waals surface area contributed by atoms with Gasteiger partial charge in [0.15, 0.2) is 0 Å². The molecule has 0 aliphatic heterocycles. The molecule has 2 heterocycles. The van der Waals surface area contributed by atoms with Crippen molar-refractivity contribution >= 4 is 0 Å². The van der Waals surface area contributed by atoms with E-state index in [1.807, 2.05) is 0 Å². The quantitative estimate of drug-likeness (QED) is 0.819. The highest BCUT2D eigenvalue weighted by Gasteiger charge is 2.32. The largest absolute Gasteiger partial charge is 0.472 e. The number of hydrogen-bond acceptors (Lipinski definition) is 4. The number of furan rings is 1. The lowest BCUT2D eigenvalue weighted by Crippen LogP contribution is -2.23. The summed E-state index contributed by atoms with van der Waals surface area (Å²) in [5.41, 5.74) is 0.959. The smallest absolute Gasteiger partial charge is 0.140 e. The Morgan fingerprint density at radius 3 is 2.60 bits per heavy atom. The van der Waals surface area contributed by atoms with E-state index in [0.717, 1.165) is 0 Å². The topological polar surface area (TPSA) is 59.4 Å². The number of nitrogens with zero attached hydrogens (tertiary/aromatic N) is 1. The predicted octanol–water partition coefficient (Wildman–Crippen LogP) is 2.14. The molecule has 0 fully saturated rings. The van der Waals surface area contributed by atoms with E-state index in [2.05, 4.69) is 5.16 Å². The molecule has 15 heavy (non-hydrogen) atoms. The molecule has 0 bridgehead atoms. The summed E-state index contributed by atoms with van der Waals surface area (Å²) in [5.74, 6) is 0.624. The minimum atomic E-state index is -1.12. The molecule has 1 unspecified atom stereocenters. The first-order valence-electron chi connectivity index (χ1n) is 4.72. The van der Waals surface area contributed by atoms with Gasteiger partial charge in [-0.15, -0.1) is 0 Å². The number of aromatic nitrogens is 1. The number of aliphatic hydroxyl groups is 1. The molecule has 4 heteroatoms. The highest BCUT2D eigenvalue weighted by molar-refractivity contribution is 5.36. The number of rotatable bonds is 2. The van der Waals surface area contributed by atoms with Crippen molar-refractivity contribution in [1.29, 1.82) is 0 Å². The minimum absolute atomic E-state index is 0.624. The van der Waals surface area contributed by atoms with Crippen LogP contribution in [0.5, 0.6) is 0 Å². The normalized spacial score (nSPS) is 15.2. The maximum Gasteiger partial charge on any atom is 0.140 e. The minimum Gasteiger partial charge on any atom is -0.472 e. The molecular formula is C11H13NO3. The molecule has 0 radical (unpaired) electrons. The Bertz CT molecular complexity index is 435. The van der Waals surface area contributed by atoms with Gasteiger partial charge in [-0.1, -0.05) is 5.16 Å². The van der Waals surface area contributed by atoms with E-state index in [1.165, 1.54) is 12.5 Å². The SMILES string of the molecule is Cc1noc(C)c1C(C)(O)c1ccoc1. The maximum atomic E-state index is 10.4. The molecule has 0 aliphatic carbocycles. The molecule has 0 aliphatic rings. The van der Waals surface area contributed by atoms with Crippen molar-refractivity contribution in [2.75, 3.05) is 0 Å². The van der Waals surface area contributed by atoms with Gasteiger partial charge in [-0.2, -0.15) is 0 Å². The van der Waals surface area contributed by atoms with Gasteiger partial charge in [0.25, 0.3) is 0 Å². The van der Waals surface area contributed by atoms with Crippen LogP contribution in [0.4, 0.5) is 0 Å². The molecule has 1 atom stereocenters. The highest BCUT2D eigenvalue weighted by atomic mass is 16.5. The van der Waals surface area contributed by atoms with E-state index in [4.69, 9.17) is 8.94 Å². The Hall–Kier alpha value is -1.55. The van der Waals surface area contributed by atoms with Gasteiger partial charge in [0.05, 0.1) is 23.8 Å². The van der Waals surface area contributed by atoms with Crippen LogP contribution in [0.3, 0.4) is 0 Å². The summed E-state index contributed by atoms with van der Waals surface area (Å²) < 4.78 is 10.0. The lowest BCUT2D eigenvalue weighted by molar-refractivity contribution is 0.0991. The molecule has 0 aromatic carbocycles. The fourth-order valence-corrected chi connectivity index (χ4v) is 1.86. The van der Waals surface area contributed by atoms with E-state index < -0.39 is 5.60 Å². The predicted molar refractivity (Wildman–Crippen MR) is 53.4 cm³/mol. The van der Waals surface area contributed by atoms with E-state index in [0.29, 0.717) is 22.6 Å². The summed E-state index contributed by atoms with van der Waals surface area (Å²) in [6.07, 6.45) is 3.05. The first-order chi connectivity index (χ1) is 7.03. The van der Waals surface area contributed by atoms with Crippen LogP contribution >= 0.6 is 0 Å². The monoisotopic (exact) mass is 207 g/mol. The standard InChI is InChI=1S/C11H13NO3/c1-7-10(8(2)15-12-7)11(3,13)9-4-5-14-6-9/h4-6,13H,1-3H3. The third kappa shape index (κ3) is 1.47. The first kappa shape index (κ1) is 9.98. The average Bonchev–Trinajstić information content (AvgIpc) is 2.75. The lowest BCUT2D eigenvalue weighted by Gasteiger charge is -2.21. The summed E-state index contributed by atoms with van der Waals surface area (Å²) >= 11 is 0. The van der Waals surface area contributed by atoms with E-state index in [9.17, 15) is 5.11 Å². The molecule has 4 nitrogen and oxygen atoms in total. The molecule has 0 saturated heterocycles. The van der Waals surface area contributed by atoms with Crippen molar-refractivity contribution in [1.82, 2.24) is 5.16 Å². The summed E-state index contributed by atoms with van der Waals surface area (Å²) in [6.45, 7) is 5.29. The van der Waals surface area contributed by atoms with Gasteiger partial charge in [0.1, 0.15) is 11.4 Å². The van der Waals surface area contributed by atoms with Crippen molar-refractivity contribution in [3.05, 3.63) is 41.2 Å². The van der Waals surface area contributed by atoms with Crippen LogP contribution in [0.15, 0.2) is 27.5 Å². The second kappa shape index (κ2) is 3.24. The lowest BCUT2D eigenvalue weighted by atomic mass is 9.89. The van der Waals surface area contributed by atoms with Crippen LogP contribution in [0.1, 0.15) is 29.5 Å². The number of hydrogen-bond donors (Lipinski definition) is 1. The molecule has 0 amide bonds. The fourth-order valence-electron chi connectivity index (χ4n) is 1.86. The Morgan fingerprint density at radius 1 is 1.40 bits per heavy atom. The molecule has 2 aromatic rings. The Balaban J connectivity index is 2.55. The van der Waals surface area contributed by atoms with Gasteiger partial charge in [-0.05, 0) is 26.8 Å². The molecular weight excluding hydrogens is 194 g/mol. The summed E-state index contributed by atoms with van der Waals surface area (Å²) in [6, 6.07) is 1.73. The Labute approximate surface area is 87.5 Å². The molecule has 2 rings (SSSR count). The van der Waals surface area contributed by atoms with Crippen LogP contribution in [0, 0.1) is 13.8 Å². The van der Waals surface area contributed by atoms with Crippen molar-refractivity contribution < 1.29 is 14.0 Å². The zero-order valence-corrected chi connectivity index (χ0v) is 8.94. The van der Waals surface area contributed by atoms with Crippen molar-refractivity contribution in [3.63, 3.8) is 0 Å². The van der Waals surface area contributed by atoms with Gasteiger partial charge in [0.2, 0.25) is 0 Å². The third-order valence-electron chi connectivity index (χ3n) is 2.60. The number of aryl methyl sites for hydroxylation is 2. The van der Waals surface area contributed by atoms with Crippen LogP contribution in [0.25, 0.3) is 0 Å².